The molecule has 19 heavy (non-hydrogen) atoms. The van der Waals surface area contributed by atoms with Crippen LogP contribution in [0.25, 0.3) is 0 Å². The number of rotatable bonds is 4. The van der Waals surface area contributed by atoms with E-state index in [2.05, 4.69) is 30.4 Å². The second-order valence-electron chi connectivity index (χ2n) is 4.32. The Balaban J connectivity index is 2.09. The zero-order valence-corrected chi connectivity index (χ0v) is 10.8. The van der Waals surface area contributed by atoms with Crippen LogP contribution in [0.15, 0.2) is 42.5 Å². The second-order valence-corrected chi connectivity index (χ2v) is 4.32. The van der Waals surface area contributed by atoms with Gasteiger partial charge in [0, 0.05) is 12.2 Å². The first-order chi connectivity index (χ1) is 9.22. The largest absolute Gasteiger partial charge is 0.381 e. The van der Waals surface area contributed by atoms with Crippen LogP contribution in [-0.4, -0.2) is 0 Å². The lowest BCUT2D eigenvalue weighted by atomic mass is 10.1. The van der Waals surface area contributed by atoms with Crippen LogP contribution in [0.1, 0.15) is 23.6 Å². The van der Waals surface area contributed by atoms with Gasteiger partial charge in [0.1, 0.15) is 5.82 Å². The quantitative estimate of drug-likeness (QED) is 0.899. The summed E-state index contributed by atoms with van der Waals surface area (Å²) in [7, 11) is 0. The molecule has 0 radical (unpaired) electrons. The lowest BCUT2D eigenvalue weighted by molar-refractivity contribution is 0.625. The van der Waals surface area contributed by atoms with E-state index in [4.69, 9.17) is 5.26 Å². The van der Waals surface area contributed by atoms with Gasteiger partial charge in [0.25, 0.3) is 0 Å². The minimum Gasteiger partial charge on any atom is -0.381 e. The average molecular weight is 254 g/mol. The summed E-state index contributed by atoms with van der Waals surface area (Å²) in [5, 5.41) is 12.2. The lowest BCUT2D eigenvalue weighted by Gasteiger charge is -2.08. The van der Waals surface area contributed by atoms with E-state index in [1.165, 1.54) is 23.8 Å². The maximum absolute atomic E-state index is 13.2. The number of hydrogen-bond acceptors (Lipinski definition) is 2. The molecule has 0 bridgehead atoms. The van der Waals surface area contributed by atoms with Gasteiger partial charge >= 0.3 is 0 Å². The molecule has 2 rings (SSSR count). The van der Waals surface area contributed by atoms with Crippen molar-refractivity contribution in [1.82, 2.24) is 0 Å². The monoisotopic (exact) mass is 254 g/mol. The molecular weight excluding hydrogens is 239 g/mol. The van der Waals surface area contributed by atoms with Crippen molar-refractivity contribution in [3.63, 3.8) is 0 Å². The lowest BCUT2D eigenvalue weighted by Crippen LogP contribution is -2.02. The number of halogens is 1. The number of benzene rings is 2. The Morgan fingerprint density at radius 1 is 1.16 bits per heavy atom. The van der Waals surface area contributed by atoms with Gasteiger partial charge in [-0.05, 0) is 47.9 Å². The van der Waals surface area contributed by atoms with Gasteiger partial charge in [0.05, 0.1) is 11.6 Å². The standard InChI is InChI=1S/C16H15FN2/c1-2-12-3-7-16(8-4-12)19-11-14-9-15(17)6-5-13(14)10-18/h3-9,19H,2,11H2,1H3. The SMILES string of the molecule is CCc1ccc(NCc2cc(F)ccc2C#N)cc1. The maximum atomic E-state index is 13.2. The predicted molar refractivity (Wildman–Crippen MR) is 74.3 cm³/mol. The minimum absolute atomic E-state index is 0.322. The van der Waals surface area contributed by atoms with Gasteiger partial charge in [-0.1, -0.05) is 19.1 Å². The predicted octanol–water partition coefficient (Wildman–Crippen LogP) is 3.87. The smallest absolute Gasteiger partial charge is 0.123 e. The van der Waals surface area contributed by atoms with Crippen LogP contribution in [0.5, 0.6) is 0 Å². The Labute approximate surface area is 112 Å². The van der Waals surface area contributed by atoms with E-state index in [1.807, 2.05) is 12.1 Å². The molecule has 0 aromatic heterocycles. The molecule has 0 fully saturated rings. The molecule has 0 aliphatic heterocycles. The van der Waals surface area contributed by atoms with E-state index < -0.39 is 0 Å². The molecule has 3 heteroatoms. The molecule has 0 saturated heterocycles. The Bertz CT molecular complexity index is 597. The van der Waals surface area contributed by atoms with E-state index in [0.29, 0.717) is 17.7 Å². The van der Waals surface area contributed by atoms with Crippen molar-refractivity contribution in [1.29, 1.82) is 5.26 Å². The number of hydrogen-bond donors (Lipinski definition) is 1. The summed E-state index contributed by atoms with van der Waals surface area (Å²) in [4.78, 5) is 0. The summed E-state index contributed by atoms with van der Waals surface area (Å²) in [6.45, 7) is 2.54. The molecule has 0 aliphatic rings. The summed E-state index contributed by atoms with van der Waals surface area (Å²) >= 11 is 0. The zero-order valence-electron chi connectivity index (χ0n) is 10.8. The van der Waals surface area contributed by atoms with Crippen LogP contribution in [-0.2, 0) is 13.0 Å². The van der Waals surface area contributed by atoms with Crippen molar-refractivity contribution in [2.75, 3.05) is 5.32 Å². The molecule has 2 aromatic rings. The molecule has 0 atom stereocenters. The third-order valence-corrected chi connectivity index (χ3v) is 3.03. The maximum Gasteiger partial charge on any atom is 0.123 e. The van der Waals surface area contributed by atoms with Gasteiger partial charge in [0.2, 0.25) is 0 Å². The molecule has 2 nitrogen and oxygen atoms in total. The highest BCUT2D eigenvalue weighted by Crippen LogP contribution is 2.15. The Morgan fingerprint density at radius 3 is 2.53 bits per heavy atom. The number of anilines is 1. The summed E-state index contributed by atoms with van der Waals surface area (Å²) < 4.78 is 13.2. The number of aryl methyl sites for hydroxylation is 1. The van der Waals surface area contributed by atoms with Crippen molar-refractivity contribution in [2.45, 2.75) is 19.9 Å². The van der Waals surface area contributed by atoms with Gasteiger partial charge < -0.3 is 5.32 Å². The third-order valence-electron chi connectivity index (χ3n) is 3.03. The first kappa shape index (κ1) is 13.1. The minimum atomic E-state index is -0.322. The molecule has 0 amide bonds. The van der Waals surface area contributed by atoms with E-state index in [9.17, 15) is 4.39 Å². The van der Waals surface area contributed by atoms with Crippen LogP contribution in [0.4, 0.5) is 10.1 Å². The molecule has 96 valence electrons. The van der Waals surface area contributed by atoms with Gasteiger partial charge in [-0.25, -0.2) is 4.39 Å². The topological polar surface area (TPSA) is 35.8 Å². The summed E-state index contributed by atoms with van der Waals surface area (Å²) in [5.74, 6) is -0.322. The fourth-order valence-electron chi connectivity index (χ4n) is 1.87. The van der Waals surface area contributed by atoms with Gasteiger partial charge in [-0.2, -0.15) is 5.26 Å². The van der Waals surface area contributed by atoms with Crippen LogP contribution < -0.4 is 5.32 Å². The Kier molecular flexibility index (Phi) is 4.15. The Morgan fingerprint density at radius 2 is 1.89 bits per heavy atom. The normalized spacial score (nSPS) is 9.95. The van der Waals surface area contributed by atoms with Crippen molar-refractivity contribution in [3.8, 4) is 6.07 Å². The van der Waals surface area contributed by atoms with E-state index >= 15 is 0 Å². The summed E-state index contributed by atoms with van der Waals surface area (Å²) in [6.07, 6.45) is 1.00. The number of nitrogens with zero attached hydrogens (tertiary/aromatic N) is 1. The molecule has 1 N–H and O–H groups in total. The van der Waals surface area contributed by atoms with Crippen molar-refractivity contribution in [3.05, 3.63) is 65.0 Å². The molecule has 0 saturated carbocycles. The molecule has 2 aromatic carbocycles. The van der Waals surface area contributed by atoms with Crippen LogP contribution >= 0.6 is 0 Å². The molecular formula is C16H15FN2. The van der Waals surface area contributed by atoms with E-state index in [-0.39, 0.29) is 5.82 Å². The van der Waals surface area contributed by atoms with Crippen molar-refractivity contribution in [2.24, 2.45) is 0 Å². The van der Waals surface area contributed by atoms with Crippen molar-refractivity contribution < 1.29 is 4.39 Å². The average Bonchev–Trinajstić information content (AvgIpc) is 2.46. The fraction of sp³-hybridized carbons (Fsp3) is 0.188. The summed E-state index contributed by atoms with van der Waals surface area (Å²) in [6, 6.07) is 14.4. The molecule has 0 unspecified atom stereocenters. The zero-order chi connectivity index (χ0) is 13.7. The highest BCUT2D eigenvalue weighted by molar-refractivity contribution is 5.47. The van der Waals surface area contributed by atoms with Crippen LogP contribution in [0.3, 0.4) is 0 Å². The number of nitrogens with one attached hydrogen (secondary N) is 1. The van der Waals surface area contributed by atoms with Gasteiger partial charge in [0.15, 0.2) is 0 Å². The van der Waals surface area contributed by atoms with Crippen molar-refractivity contribution >= 4 is 5.69 Å². The van der Waals surface area contributed by atoms with E-state index in [0.717, 1.165) is 12.1 Å². The first-order valence-electron chi connectivity index (χ1n) is 6.24. The van der Waals surface area contributed by atoms with Crippen LogP contribution in [0, 0.1) is 17.1 Å². The first-order valence-corrected chi connectivity index (χ1v) is 6.24. The Hall–Kier alpha value is -2.34. The van der Waals surface area contributed by atoms with Crippen LogP contribution in [0.2, 0.25) is 0 Å². The third kappa shape index (κ3) is 3.32. The second kappa shape index (κ2) is 6.01. The molecule has 0 spiro atoms. The summed E-state index contributed by atoms with van der Waals surface area (Å²) in [5.41, 5.74) is 3.40. The number of nitriles is 1. The highest BCUT2D eigenvalue weighted by atomic mass is 19.1. The molecule has 0 heterocycles. The van der Waals surface area contributed by atoms with Gasteiger partial charge in [-0.3, -0.25) is 0 Å². The molecule has 0 aliphatic carbocycles. The van der Waals surface area contributed by atoms with E-state index in [1.54, 1.807) is 0 Å². The highest BCUT2D eigenvalue weighted by Gasteiger charge is 2.03. The fourth-order valence-corrected chi connectivity index (χ4v) is 1.87. The van der Waals surface area contributed by atoms with Gasteiger partial charge in [-0.15, -0.1) is 0 Å².